The van der Waals surface area contributed by atoms with Gasteiger partial charge in [-0.05, 0) is 37.1 Å². The van der Waals surface area contributed by atoms with Gasteiger partial charge in [0.15, 0.2) is 0 Å². The Bertz CT molecular complexity index is 1070. The lowest BCUT2D eigenvalue weighted by Crippen LogP contribution is -2.38. The predicted molar refractivity (Wildman–Crippen MR) is 100 cm³/mol. The van der Waals surface area contributed by atoms with E-state index in [0.717, 1.165) is 37.7 Å². The van der Waals surface area contributed by atoms with Crippen molar-refractivity contribution in [1.82, 2.24) is 14.3 Å². The lowest BCUT2D eigenvalue weighted by atomic mass is 10.0. The number of carbonyl (C=O) groups excluding carboxylic acids is 1. The Morgan fingerprint density at radius 2 is 1.89 bits per heavy atom. The molecule has 0 aliphatic carbocycles. The maximum Gasteiger partial charge on any atom is 0.275 e. The van der Waals surface area contributed by atoms with Crippen molar-refractivity contribution >= 4 is 22.5 Å². The molecule has 1 aromatic carbocycles. The van der Waals surface area contributed by atoms with Gasteiger partial charge in [0.1, 0.15) is 5.82 Å². The summed E-state index contributed by atoms with van der Waals surface area (Å²) in [5.41, 5.74) is 6.47. The zero-order chi connectivity index (χ0) is 19.1. The van der Waals surface area contributed by atoms with Gasteiger partial charge in [-0.15, -0.1) is 0 Å². The zero-order valence-electron chi connectivity index (χ0n) is 14.9. The number of nitrogens with zero attached hydrogens (tertiary/aromatic N) is 4. The van der Waals surface area contributed by atoms with Gasteiger partial charge in [0.25, 0.3) is 5.56 Å². The van der Waals surface area contributed by atoms with E-state index in [9.17, 15) is 14.0 Å². The van der Waals surface area contributed by atoms with Gasteiger partial charge in [-0.25, -0.2) is 9.07 Å². The summed E-state index contributed by atoms with van der Waals surface area (Å²) in [6.45, 7) is 1.58. The fourth-order valence-corrected chi connectivity index (χ4v) is 3.97. The molecule has 2 aromatic heterocycles. The Balaban J connectivity index is 1.70. The third kappa shape index (κ3) is 2.87. The number of aromatic nitrogens is 3. The molecule has 0 radical (unpaired) electrons. The van der Waals surface area contributed by atoms with Crippen molar-refractivity contribution in [3.63, 3.8) is 0 Å². The molecule has 27 heavy (non-hydrogen) atoms. The van der Waals surface area contributed by atoms with Gasteiger partial charge in [-0.3, -0.25) is 19.3 Å². The largest absolute Gasteiger partial charge is 0.371 e. The van der Waals surface area contributed by atoms with Crippen LogP contribution in [0.3, 0.4) is 0 Å². The SMILES string of the molecule is Cn1c2cc(F)cc(C(N)=O)c2c(=O)n1C1CCN(c2ccncc2)CC1. The van der Waals surface area contributed by atoms with E-state index in [1.807, 2.05) is 12.1 Å². The minimum absolute atomic E-state index is 0.0308. The first-order valence-corrected chi connectivity index (χ1v) is 8.83. The molecule has 0 unspecified atom stereocenters. The number of rotatable bonds is 3. The molecule has 3 aromatic rings. The van der Waals surface area contributed by atoms with Crippen LogP contribution in [0.15, 0.2) is 41.5 Å². The van der Waals surface area contributed by atoms with E-state index in [-0.39, 0.29) is 22.6 Å². The second-order valence-electron chi connectivity index (χ2n) is 6.81. The highest BCUT2D eigenvalue weighted by Crippen LogP contribution is 2.27. The monoisotopic (exact) mass is 369 g/mol. The summed E-state index contributed by atoms with van der Waals surface area (Å²) in [5.74, 6) is -1.39. The molecular formula is C19H20FN5O2. The van der Waals surface area contributed by atoms with Crippen LogP contribution in [0.5, 0.6) is 0 Å². The summed E-state index contributed by atoms with van der Waals surface area (Å²) in [6.07, 6.45) is 5.05. The van der Waals surface area contributed by atoms with Gasteiger partial charge >= 0.3 is 0 Å². The van der Waals surface area contributed by atoms with Gasteiger partial charge in [-0.2, -0.15) is 0 Å². The summed E-state index contributed by atoms with van der Waals surface area (Å²) in [6, 6.07) is 6.20. The van der Waals surface area contributed by atoms with Crippen LogP contribution in [0, 0.1) is 5.82 Å². The second-order valence-corrected chi connectivity index (χ2v) is 6.81. The predicted octanol–water partition coefficient (Wildman–Crippen LogP) is 1.81. The van der Waals surface area contributed by atoms with E-state index >= 15 is 0 Å². The molecule has 1 aliphatic heterocycles. The molecule has 0 bridgehead atoms. The number of hydrogen-bond acceptors (Lipinski definition) is 4. The summed E-state index contributed by atoms with van der Waals surface area (Å²) in [5, 5.41) is 0.183. The summed E-state index contributed by atoms with van der Waals surface area (Å²) >= 11 is 0. The number of pyridine rings is 1. The van der Waals surface area contributed by atoms with E-state index in [2.05, 4.69) is 9.88 Å². The number of primary amides is 1. The molecule has 3 heterocycles. The van der Waals surface area contributed by atoms with Gasteiger partial charge < -0.3 is 10.6 Å². The van der Waals surface area contributed by atoms with Gasteiger partial charge in [0.05, 0.1) is 22.5 Å². The van der Waals surface area contributed by atoms with Crippen molar-refractivity contribution in [2.75, 3.05) is 18.0 Å². The molecule has 140 valence electrons. The molecule has 8 heteroatoms. The number of nitrogens with two attached hydrogens (primary N) is 1. The topological polar surface area (TPSA) is 86.2 Å². The minimum atomic E-state index is -0.804. The number of aryl methyl sites for hydroxylation is 1. The van der Waals surface area contributed by atoms with Crippen molar-refractivity contribution < 1.29 is 9.18 Å². The molecule has 1 saturated heterocycles. The van der Waals surface area contributed by atoms with Crippen LogP contribution in [0.1, 0.15) is 29.2 Å². The summed E-state index contributed by atoms with van der Waals surface area (Å²) < 4.78 is 17.2. The summed E-state index contributed by atoms with van der Waals surface area (Å²) in [4.78, 5) is 31.0. The standard InChI is InChI=1S/C19H20FN5O2/c1-23-16-11-12(20)10-15(18(21)26)17(16)19(27)25(23)14-4-8-24(9-5-14)13-2-6-22-7-3-13/h2-3,6-7,10-11,14H,4-5,8-9H2,1H3,(H2,21,26). The van der Waals surface area contributed by atoms with E-state index in [1.54, 1.807) is 28.8 Å². The maximum absolute atomic E-state index is 13.9. The third-order valence-corrected chi connectivity index (χ3v) is 5.28. The number of halogens is 1. The van der Waals surface area contributed by atoms with Crippen LogP contribution in [-0.2, 0) is 7.05 Å². The molecule has 1 fully saturated rings. The van der Waals surface area contributed by atoms with Crippen LogP contribution in [0.2, 0.25) is 0 Å². The Hall–Kier alpha value is -3.16. The first-order chi connectivity index (χ1) is 13.0. The smallest absolute Gasteiger partial charge is 0.275 e. The Morgan fingerprint density at radius 1 is 1.22 bits per heavy atom. The normalized spacial score (nSPS) is 15.4. The molecule has 0 saturated carbocycles. The fourth-order valence-electron chi connectivity index (χ4n) is 3.97. The first-order valence-electron chi connectivity index (χ1n) is 8.83. The quantitative estimate of drug-likeness (QED) is 0.763. The van der Waals surface area contributed by atoms with Gasteiger partial charge in [0, 0.05) is 38.2 Å². The Kier molecular flexibility index (Phi) is 4.18. The average Bonchev–Trinajstić information content (AvgIpc) is 2.92. The lowest BCUT2D eigenvalue weighted by Gasteiger charge is -2.34. The van der Waals surface area contributed by atoms with Crippen LogP contribution in [-0.4, -0.2) is 33.3 Å². The minimum Gasteiger partial charge on any atom is -0.371 e. The van der Waals surface area contributed by atoms with Crippen LogP contribution in [0.4, 0.5) is 10.1 Å². The van der Waals surface area contributed by atoms with Crippen molar-refractivity contribution in [3.8, 4) is 0 Å². The van der Waals surface area contributed by atoms with Crippen LogP contribution in [0.25, 0.3) is 10.9 Å². The third-order valence-electron chi connectivity index (χ3n) is 5.28. The van der Waals surface area contributed by atoms with Gasteiger partial charge in [-0.1, -0.05) is 0 Å². The average molecular weight is 369 g/mol. The van der Waals surface area contributed by atoms with Crippen molar-refractivity contribution in [1.29, 1.82) is 0 Å². The molecular weight excluding hydrogens is 349 g/mol. The molecule has 0 atom stereocenters. The molecule has 7 nitrogen and oxygen atoms in total. The molecule has 0 spiro atoms. The molecule has 1 aliphatic rings. The zero-order valence-corrected chi connectivity index (χ0v) is 14.9. The maximum atomic E-state index is 13.9. The Labute approximate surface area is 154 Å². The number of fused-ring (bicyclic) bond motifs is 1. The highest BCUT2D eigenvalue weighted by Gasteiger charge is 2.26. The van der Waals surface area contributed by atoms with Crippen LogP contribution >= 0.6 is 0 Å². The number of amides is 1. The lowest BCUT2D eigenvalue weighted by molar-refractivity contribution is 0.100. The van der Waals surface area contributed by atoms with E-state index < -0.39 is 11.7 Å². The number of hydrogen-bond donors (Lipinski definition) is 1. The van der Waals surface area contributed by atoms with Crippen molar-refractivity contribution in [3.05, 3.63) is 58.4 Å². The Morgan fingerprint density at radius 3 is 2.52 bits per heavy atom. The van der Waals surface area contributed by atoms with Crippen molar-refractivity contribution in [2.45, 2.75) is 18.9 Å². The molecule has 2 N–H and O–H groups in total. The number of benzene rings is 1. The second kappa shape index (κ2) is 6.53. The van der Waals surface area contributed by atoms with Crippen LogP contribution < -0.4 is 16.2 Å². The highest BCUT2D eigenvalue weighted by molar-refractivity contribution is 6.05. The van der Waals surface area contributed by atoms with E-state index in [1.165, 1.54) is 6.07 Å². The highest BCUT2D eigenvalue weighted by atomic mass is 19.1. The number of carbonyl (C=O) groups is 1. The number of piperidine rings is 1. The fraction of sp³-hybridized carbons (Fsp3) is 0.316. The summed E-state index contributed by atoms with van der Waals surface area (Å²) in [7, 11) is 1.71. The molecule has 4 rings (SSSR count). The van der Waals surface area contributed by atoms with E-state index in [4.69, 9.17) is 5.73 Å². The first kappa shape index (κ1) is 17.3. The van der Waals surface area contributed by atoms with E-state index in [0.29, 0.717) is 5.52 Å². The molecule has 1 amide bonds. The number of anilines is 1. The van der Waals surface area contributed by atoms with Crippen molar-refractivity contribution in [2.24, 2.45) is 12.8 Å². The van der Waals surface area contributed by atoms with Gasteiger partial charge in [0.2, 0.25) is 5.91 Å².